The molecule has 0 heterocycles. The summed E-state index contributed by atoms with van der Waals surface area (Å²) in [6.07, 6.45) is 0. The average molecular weight is 400 g/mol. The van der Waals surface area contributed by atoms with Gasteiger partial charge in [-0.3, -0.25) is 4.31 Å². The van der Waals surface area contributed by atoms with Gasteiger partial charge in [0.1, 0.15) is 0 Å². The molecule has 0 radical (unpaired) electrons. The third-order valence-electron chi connectivity index (χ3n) is 4.45. The molecule has 5 heteroatoms. The van der Waals surface area contributed by atoms with Crippen LogP contribution in [-0.4, -0.2) is 8.42 Å². The average Bonchev–Trinajstić information content (AvgIpc) is 2.61. The van der Waals surface area contributed by atoms with Crippen molar-refractivity contribution in [2.75, 3.05) is 4.31 Å². The normalized spacial score (nSPS) is 11.4. The number of halogens is 1. The number of aryl methyl sites for hydroxylation is 3. The summed E-state index contributed by atoms with van der Waals surface area (Å²) < 4.78 is 28.4. The van der Waals surface area contributed by atoms with Crippen molar-refractivity contribution in [3.63, 3.8) is 0 Å². The van der Waals surface area contributed by atoms with Crippen LogP contribution in [0.1, 0.15) is 22.3 Å². The highest BCUT2D eigenvalue weighted by Crippen LogP contribution is 2.30. The molecule has 0 aliphatic rings. The number of sulfonamides is 1. The van der Waals surface area contributed by atoms with Crippen molar-refractivity contribution in [3.8, 4) is 0 Å². The summed E-state index contributed by atoms with van der Waals surface area (Å²) in [5.74, 6) is 0. The molecular weight excluding hydrogens is 378 g/mol. The fourth-order valence-corrected chi connectivity index (χ4v) is 4.75. The second kappa shape index (κ2) is 7.75. The van der Waals surface area contributed by atoms with Crippen molar-refractivity contribution < 1.29 is 8.42 Å². The van der Waals surface area contributed by atoms with Gasteiger partial charge in [0.15, 0.2) is 0 Å². The fraction of sp³-hybridized carbons (Fsp3) is 0.182. The highest BCUT2D eigenvalue weighted by atomic mass is 35.5. The van der Waals surface area contributed by atoms with Crippen LogP contribution in [0.4, 0.5) is 5.69 Å². The molecule has 3 aromatic rings. The van der Waals surface area contributed by atoms with Crippen molar-refractivity contribution >= 4 is 27.3 Å². The topological polar surface area (TPSA) is 37.4 Å². The Hall–Kier alpha value is -2.30. The molecule has 3 aromatic carbocycles. The second-order valence-electron chi connectivity index (χ2n) is 6.74. The van der Waals surface area contributed by atoms with E-state index in [-0.39, 0.29) is 11.4 Å². The third-order valence-corrected chi connectivity index (χ3v) is 6.45. The first kappa shape index (κ1) is 19.5. The minimum absolute atomic E-state index is 0.209. The Balaban J connectivity index is 2.12. The molecule has 0 bridgehead atoms. The first-order valence-corrected chi connectivity index (χ1v) is 10.5. The summed E-state index contributed by atoms with van der Waals surface area (Å²) in [5.41, 5.74) is 4.51. The second-order valence-corrected chi connectivity index (χ2v) is 9.04. The Morgan fingerprint density at radius 1 is 0.852 bits per heavy atom. The molecule has 140 valence electrons. The van der Waals surface area contributed by atoms with E-state index in [1.807, 2.05) is 63.2 Å². The van der Waals surface area contributed by atoms with Crippen LogP contribution in [-0.2, 0) is 16.6 Å². The molecular formula is C22H22ClNO2S. The van der Waals surface area contributed by atoms with Crippen LogP contribution in [0.3, 0.4) is 0 Å². The maximum atomic E-state index is 13.5. The molecule has 0 aromatic heterocycles. The van der Waals surface area contributed by atoms with Crippen LogP contribution in [0.15, 0.2) is 71.6 Å². The number of benzene rings is 3. The van der Waals surface area contributed by atoms with Gasteiger partial charge in [0.2, 0.25) is 0 Å². The van der Waals surface area contributed by atoms with Gasteiger partial charge in [-0.1, -0.05) is 59.1 Å². The van der Waals surface area contributed by atoms with Gasteiger partial charge in [0.25, 0.3) is 10.0 Å². The van der Waals surface area contributed by atoms with Crippen LogP contribution in [0.25, 0.3) is 0 Å². The number of anilines is 1. The predicted molar refractivity (Wildman–Crippen MR) is 112 cm³/mol. The molecule has 0 saturated heterocycles. The summed E-state index contributed by atoms with van der Waals surface area (Å²) in [6, 6.07) is 20.0. The van der Waals surface area contributed by atoms with Gasteiger partial charge in [-0.15, -0.1) is 0 Å². The van der Waals surface area contributed by atoms with E-state index in [1.54, 1.807) is 24.3 Å². The monoisotopic (exact) mass is 399 g/mol. The fourth-order valence-electron chi connectivity index (χ4n) is 3.02. The van der Waals surface area contributed by atoms with E-state index in [2.05, 4.69) is 0 Å². The highest BCUT2D eigenvalue weighted by Gasteiger charge is 2.26. The lowest BCUT2D eigenvalue weighted by atomic mass is 10.1. The van der Waals surface area contributed by atoms with Crippen molar-refractivity contribution in [3.05, 3.63) is 94.0 Å². The summed E-state index contributed by atoms with van der Waals surface area (Å²) in [4.78, 5) is 0.273. The Kier molecular flexibility index (Phi) is 5.59. The minimum Gasteiger partial charge on any atom is -0.262 e. The lowest BCUT2D eigenvalue weighted by molar-refractivity contribution is 0.590. The zero-order chi connectivity index (χ0) is 19.6. The quantitative estimate of drug-likeness (QED) is 0.555. The lowest BCUT2D eigenvalue weighted by Gasteiger charge is -2.26. The number of nitrogens with zero attached hydrogens (tertiary/aromatic N) is 1. The van der Waals surface area contributed by atoms with Gasteiger partial charge in [0, 0.05) is 5.02 Å². The van der Waals surface area contributed by atoms with Crippen LogP contribution >= 0.6 is 11.6 Å². The zero-order valence-electron chi connectivity index (χ0n) is 15.6. The summed E-state index contributed by atoms with van der Waals surface area (Å²) in [6.45, 7) is 6.06. The molecule has 0 spiro atoms. The van der Waals surface area contributed by atoms with E-state index in [0.29, 0.717) is 10.7 Å². The molecule has 0 saturated carbocycles. The van der Waals surface area contributed by atoms with Crippen molar-refractivity contribution in [2.45, 2.75) is 32.2 Å². The van der Waals surface area contributed by atoms with Gasteiger partial charge < -0.3 is 0 Å². The minimum atomic E-state index is -3.73. The van der Waals surface area contributed by atoms with Crippen LogP contribution in [0.5, 0.6) is 0 Å². The molecule has 0 fully saturated rings. The molecule has 3 nitrogen and oxygen atoms in total. The van der Waals surface area contributed by atoms with E-state index in [9.17, 15) is 8.42 Å². The first-order valence-electron chi connectivity index (χ1n) is 8.68. The Bertz CT molecular complexity index is 1060. The lowest BCUT2D eigenvalue weighted by Crippen LogP contribution is -2.31. The van der Waals surface area contributed by atoms with Crippen LogP contribution in [0, 0.1) is 20.8 Å². The summed E-state index contributed by atoms with van der Waals surface area (Å²) in [7, 11) is -3.73. The van der Waals surface area contributed by atoms with Gasteiger partial charge in [-0.2, -0.15) is 0 Å². The summed E-state index contributed by atoms with van der Waals surface area (Å²) >= 11 is 6.11. The summed E-state index contributed by atoms with van der Waals surface area (Å²) in [5, 5.41) is 0.584. The Morgan fingerprint density at radius 3 is 2.15 bits per heavy atom. The maximum absolute atomic E-state index is 13.5. The van der Waals surface area contributed by atoms with Gasteiger partial charge in [-0.25, -0.2) is 8.42 Å². The molecule has 0 unspecified atom stereocenters. The van der Waals surface area contributed by atoms with E-state index in [1.165, 1.54) is 4.31 Å². The molecule has 27 heavy (non-hydrogen) atoms. The molecule has 0 aliphatic carbocycles. The van der Waals surface area contributed by atoms with E-state index in [4.69, 9.17) is 11.6 Å². The smallest absolute Gasteiger partial charge is 0.262 e. The molecule has 0 aliphatic heterocycles. The van der Waals surface area contributed by atoms with Crippen molar-refractivity contribution in [1.29, 1.82) is 0 Å². The van der Waals surface area contributed by atoms with Gasteiger partial charge in [-0.05, 0) is 62.2 Å². The number of rotatable bonds is 5. The number of hydrogen-bond donors (Lipinski definition) is 0. The first-order chi connectivity index (χ1) is 12.8. The van der Waals surface area contributed by atoms with E-state index < -0.39 is 10.0 Å². The van der Waals surface area contributed by atoms with Crippen LogP contribution in [0.2, 0.25) is 5.02 Å². The SMILES string of the molecule is Cc1ccc(S(=O)(=O)N(Cc2cccc(Cl)c2)c2ccc(C)cc2C)cc1. The number of hydrogen-bond acceptors (Lipinski definition) is 2. The molecule has 3 rings (SSSR count). The zero-order valence-corrected chi connectivity index (χ0v) is 17.2. The van der Waals surface area contributed by atoms with Gasteiger partial charge in [0.05, 0.1) is 17.1 Å². The van der Waals surface area contributed by atoms with Crippen molar-refractivity contribution in [2.24, 2.45) is 0 Å². The molecule has 0 amide bonds. The molecule has 0 atom stereocenters. The third kappa shape index (κ3) is 4.34. The van der Waals surface area contributed by atoms with Gasteiger partial charge >= 0.3 is 0 Å². The van der Waals surface area contributed by atoms with E-state index in [0.717, 1.165) is 22.3 Å². The standard InChI is InChI=1S/C22H22ClNO2S/c1-16-7-10-21(11-8-16)27(25,26)24(15-19-5-4-6-20(23)14-19)22-12-9-17(2)13-18(22)3/h4-14H,15H2,1-3H3. The maximum Gasteiger partial charge on any atom is 0.264 e. The Morgan fingerprint density at radius 2 is 1.52 bits per heavy atom. The highest BCUT2D eigenvalue weighted by molar-refractivity contribution is 7.92. The van der Waals surface area contributed by atoms with E-state index >= 15 is 0 Å². The molecule has 0 N–H and O–H groups in total. The Labute approximate surface area is 166 Å². The largest absolute Gasteiger partial charge is 0.264 e. The predicted octanol–water partition coefficient (Wildman–Crippen LogP) is 5.66. The van der Waals surface area contributed by atoms with Crippen molar-refractivity contribution in [1.82, 2.24) is 0 Å². The van der Waals surface area contributed by atoms with Crippen LogP contribution < -0.4 is 4.31 Å².